The molecule has 2 N–H and O–H groups in total. The highest BCUT2D eigenvalue weighted by molar-refractivity contribution is 7.20. The van der Waals surface area contributed by atoms with Gasteiger partial charge in [-0.3, -0.25) is 9.59 Å². The Bertz CT molecular complexity index is 1310. The molecule has 0 saturated heterocycles. The third kappa shape index (κ3) is 6.54. The van der Waals surface area contributed by atoms with E-state index in [-0.39, 0.29) is 27.6 Å². The number of phenolic OH excluding ortho intramolecular Hbond substituents is 1. The highest BCUT2D eigenvalue weighted by Crippen LogP contribution is 2.34. The fourth-order valence-corrected chi connectivity index (χ4v) is 4.82. The van der Waals surface area contributed by atoms with Crippen LogP contribution in [-0.2, 0) is 12.8 Å². The molecule has 1 heterocycles. The highest BCUT2D eigenvalue weighted by atomic mass is 32.1. The van der Waals surface area contributed by atoms with Crippen molar-refractivity contribution in [1.29, 1.82) is 0 Å². The second kappa shape index (κ2) is 12.4. The summed E-state index contributed by atoms with van der Waals surface area (Å²) in [5.41, 5.74) is 1.50. The number of hydrogen-bond acceptors (Lipinski definition) is 8. The van der Waals surface area contributed by atoms with Gasteiger partial charge < -0.3 is 24.4 Å². The van der Waals surface area contributed by atoms with E-state index >= 15 is 0 Å². The second-order valence-corrected chi connectivity index (χ2v) is 9.35. The molecule has 1 aromatic heterocycles. The fraction of sp³-hybridized carbons (Fsp3) is 0.370. The summed E-state index contributed by atoms with van der Waals surface area (Å²) in [7, 11) is 0. The fourth-order valence-electron chi connectivity index (χ4n) is 3.89. The van der Waals surface area contributed by atoms with Crippen molar-refractivity contribution in [2.24, 2.45) is 0 Å². The van der Waals surface area contributed by atoms with Gasteiger partial charge in [0.05, 0.1) is 18.8 Å². The van der Waals surface area contributed by atoms with Crippen molar-refractivity contribution in [3.05, 3.63) is 57.2 Å². The van der Waals surface area contributed by atoms with E-state index in [0.29, 0.717) is 53.2 Å². The van der Waals surface area contributed by atoms with Gasteiger partial charge in [-0.05, 0) is 49.6 Å². The number of phenols is 1. The zero-order valence-electron chi connectivity index (χ0n) is 20.6. The summed E-state index contributed by atoms with van der Waals surface area (Å²) >= 11 is 1.07. The van der Waals surface area contributed by atoms with Crippen molar-refractivity contribution in [3.63, 3.8) is 0 Å². The number of aromatic hydroxyl groups is 1. The number of rotatable bonds is 12. The minimum Gasteiger partial charge on any atom is -0.507 e. The number of carbonyl (C=O) groups is 2. The number of carbonyl (C=O) groups excluding carboxylic acids is 1. The first-order valence-electron chi connectivity index (χ1n) is 11.9. The van der Waals surface area contributed by atoms with Crippen LogP contribution in [0.5, 0.6) is 22.3 Å². The van der Waals surface area contributed by atoms with Crippen molar-refractivity contribution in [2.75, 3.05) is 13.2 Å². The monoisotopic (exact) mass is 514 g/mol. The number of Topliss-reactive ketones (excluding diaryl/α,β-unsaturated/α-hetero) is 1. The molecule has 0 aliphatic carbocycles. The third-order valence-corrected chi connectivity index (χ3v) is 6.48. The summed E-state index contributed by atoms with van der Waals surface area (Å²) in [6.45, 7) is 6.13. The first-order chi connectivity index (χ1) is 17.2. The summed E-state index contributed by atoms with van der Waals surface area (Å²) in [6.07, 6.45) is 2.05. The Morgan fingerprint density at radius 2 is 1.67 bits per heavy atom. The van der Waals surface area contributed by atoms with Gasteiger partial charge in [-0.2, -0.15) is 0 Å². The lowest BCUT2D eigenvalue weighted by Crippen LogP contribution is -2.09. The van der Waals surface area contributed by atoms with Gasteiger partial charge >= 0.3 is 6.16 Å². The number of fused-ring (bicyclic) bond motifs is 1. The molecule has 9 heteroatoms. The van der Waals surface area contributed by atoms with E-state index in [1.807, 2.05) is 13.8 Å². The predicted molar refractivity (Wildman–Crippen MR) is 138 cm³/mol. The van der Waals surface area contributed by atoms with Crippen molar-refractivity contribution in [3.8, 4) is 22.3 Å². The van der Waals surface area contributed by atoms with E-state index in [1.54, 1.807) is 24.3 Å². The third-order valence-electron chi connectivity index (χ3n) is 5.52. The number of ketones is 1. The van der Waals surface area contributed by atoms with E-state index in [9.17, 15) is 19.5 Å². The van der Waals surface area contributed by atoms with E-state index in [0.717, 1.165) is 36.2 Å². The van der Waals surface area contributed by atoms with E-state index < -0.39 is 6.16 Å². The molecule has 8 nitrogen and oxygen atoms in total. The molecule has 2 aromatic carbocycles. The van der Waals surface area contributed by atoms with Crippen molar-refractivity contribution < 1.29 is 34.0 Å². The van der Waals surface area contributed by atoms with Crippen LogP contribution in [0.1, 0.15) is 61.5 Å². The predicted octanol–water partition coefficient (Wildman–Crippen LogP) is 5.98. The molecule has 0 amide bonds. The summed E-state index contributed by atoms with van der Waals surface area (Å²) in [5.74, 6) is 0.952. The van der Waals surface area contributed by atoms with Crippen LogP contribution < -0.4 is 19.6 Å². The summed E-state index contributed by atoms with van der Waals surface area (Å²) in [6, 6.07) is 8.01. The Morgan fingerprint density at radius 1 is 0.972 bits per heavy atom. The summed E-state index contributed by atoms with van der Waals surface area (Å²) in [5, 5.41) is 19.9. The molecule has 0 spiro atoms. The van der Waals surface area contributed by atoms with Gasteiger partial charge in [0, 0.05) is 28.1 Å². The van der Waals surface area contributed by atoms with Crippen LogP contribution in [-0.4, -0.2) is 35.4 Å². The van der Waals surface area contributed by atoms with E-state index in [4.69, 9.17) is 14.6 Å². The molecule has 0 radical (unpaired) electrons. The summed E-state index contributed by atoms with van der Waals surface area (Å²) in [4.78, 5) is 35.1. The lowest BCUT2D eigenvalue weighted by atomic mass is 10.0. The van der Waals surface area contributed by atoms with Crippen molar-refractivity contribution in [1.82, 2.24) is 0 Å². The summed E-state index contributed by atoms with van der Waals surface area (Å²) < 4.78 is 17.2. The first-order valence-corrected chi connectivity index (χ1v) is 12.7. The van der Waals surface area contributed by atoms with Gasteiger partial charge in [0.2, 0.25) is 0 Å². The standard InChI is InChI=1S/C27H30O8S/c1-4-7-17-13-20-21(29)14-25(35-27(31)32)36-24(20)15-23(17)34-12-6-11-33-22-10-9-18(16(3)28)26(30)19(22)8-5-2/h9-10,13-15,30H,4-8,11-12H2,1-3H3,(H,31,32). The van der Waals surface area contributed by atoms with Crippen LogP contribution in [0.15, 0.2) is 35.1 Å². The molecule has 0 aliphatic rings. The highest BCUT2D eigenvalue weighted by Gasteiger charge is 2.16. The number of ether oxygens (including phenoxy) is 3. The maximum atomic E-state index is 12.5. The normalized spacial score (nSPS) is 10.9. The Morgan fingerprint density at radius 3 is 2.31 bits per heavy atom. The van der Waals surface area contributed by atoms with Gasteiger partial charge in [-0.1, -0.05) is 38.0 Å². The zero-order valence-corrected chi connectivity index (χ0v) is 21.4. The molecule has 0 aliphatic heterocycles. The SMILES string of the molecule is CCCc1cc2c(=O)cc(OC(=O)O)sc2cc1OCCCOc1ccc(C(C)=O)c(O)c1CCC. The minimum absolute atomic E-state index is 0.00418. The molecule has 192 valence electrons. The van der Waals surface area contributed by atoms with Gasteiger partial charge in [0.1, 0.15) is 17.2 Å². The molecule has 0 bridgehead atoms. The largest absolute Gasteiger partial charge is 0.512 e. The molecule has 3 aromatic rings. The molecule has 0 fully saturated rings. The van der Waals surface area contributed by atoms with Crippen molar-refractivity contribution >= 4 is 33.4 Å². The Labute approximate surface area is 213 Å². The van der Waals surface area contributed by atoms with Gasteiger partial charge in [-0.15, -0.1) is 0 Å². The van der Waals surface area contributed by atoms with E-state index in [2.05, 4.69) is 4.74 Å². The first kappa shape index (κ1) is 27.0. The van der Waals surface area contributed by atoms with Gasteiger partial charge in [-0.25, -0.2) is 4.79 Å². The van der Waals surface area contributed by atoms with Crippen LogP contribution >= 0.6 is 11.3 Å². The zero-order chi connectivity index (χ0) is 26.2. The van der Waals surface area contributed by atoms with Gasteiger partial charge in [0.25, 0.3) is 0 Å². The lowest BCUT2D eigenvalue weighted by molar-refractivity contribution is 0.101. The molecule has 36 heavy (non-hydrogen) atoms. The van der Waals surface area contributed by atoms with Crippen LogP contribution in [0.4, 0.5) is 4.79 Å². The average molecular weight is 515 g/mol. The molecule has 3 rings (SSSR count). The molecular formula is C27H30O8S. The Balaban J connectivity index is 1.71. The Kier molecular flexibility index (Phi) is 9.30. The number of aryl methyl sites for hydroxylation is 1. The molecule has 0 saturated carbocycles. The molecule has 0 atom stereocenters. The van der Waals surface area contributed by atoms with Crippen molar-refractivity contribution in [2.45, 2.75) is 52.9 Å². The Hall–Kier alpha value is -3.59. The van der Waals surface area contributed by atoms with Crippen LogP contribution in [0.25, 0.3) is 10.1 Å². The minimum atomic E-state index is -1.48. The number of carboxylic acid groups (broad SMARTS) is 1. The second-order valence-electron chi connectivity index (χ2n) is 8.30. The molecule has 0 unspecified atom stereocenters. The maximum Gasteiger partial charge on any atom is 0.512 e. The topological polar surface area (TPSA) is 119 Å². The lowest BCUT2D eigenvalue weighted by Gasteiger charge is -2.15. The van der Waals surface area contributed by atoms with Crippen LogP contribution in [0.3, 0.4) is 0 Å². The maximum absolute atomic E-state index is 12.5. The van der Waals surface area contributed by atoms with E-state index in [1.165, 1.54) is 13.0 Å². The van der Waals surface area contributed by atoms with Crippen LogP contribution in [0.2, 0.25) is 0 Å². The van der Waals surface area contributed by atoms with Gasteiger partial charge in [0.15, 0.2) is 16.3 Å². The smallest absolute Gasteiger partial charge is 0.507 e. The number of benzene rings is 2. The average Bonchev–Trinajstić information content (AvgIpc) is 2.81. The van der Waals surface area contributed by atoms with Crippen LogP contribution in [0, 0.1) is 0 Å². The molecular weight excluding hydrogens is 484 g/mol. The number of hydrogen-bond donors (Lipinski definition) is 2. The quantitative estimate of drug-likeness (QED) is 0.172.